The van der Waals surface area contributed by atoms with Crippen molar-refractivity contribution in [2.75, 3.05) is 6.61 Å². The molecule has 0 aliphatic carbocycles. The van der Waals surface area contributed by atoms with E-state index in [1.807, 2.05) is 0 Å². The third-order valence-electron chi connectivity index (χ3n) is 2.31. The number of rotatable bonds is 5. The number of H-pyrrole nitrogens is 2. The summed E-state index contributed by atoms with van der Waals surface area (Å²) in [4.78, 5) is 22.2. The number of carbonyl (C=O) groups excluding carboxylic acids is 1. The Hall–Kier alpha value is -2.22. The maximum absolute atomic E-state index is 11.4. The lowest BCUT2D eigenvalue weighted by molar-refractivity contribution is 0.0512. The van der Waals surface area contributed by atoms with Crippen molar-refractivity contribution in [3.63, 3.8) is 0 Å². The van der Waals surface area contributed by atoms with Crippen molar-refractivity contribution in [2.24, 2.45) is 5.73 Å². The summed E-state index contributed by atoms with van der Waals surface area (Å²) < 4.78 is 4.79. The number of nitrogens with two attached hydrogens (primary N) is 1. The maximum atomic E-state index is 11.4. The van der Waals surface area contributed by atoms with E-state index in [9.17, 15) is 4.79 Å². The zero-order valence-electron chi connectivity index (χ0n) is 9.88. The number of carbonyl (C=O) groups is 1. The third-order valence-corrected chi connectivity index (χ3v) is 2.31. The Bertz CT molecular complexity index is 506. The highest BCUT2D eigenvalue weighted by Crippen LogP contribution is 2.10. The Kier molecular flexibility index (Phi) is 3.68. The number of esters is 1. The van der Waals surface area contributed by atoms with Crippen LogP contribution in [0.4, 0.5) is 0 Å². The van der Waals surface area contributed by atoms with Crippen molar-refractivity contribution >= 4 is 5.97 Å². The molecule has 2 heterocycles. The fourth-order valence-electron chi connectivity index (χ4n) is 1.46. The van der Waals surface area contributed by atoms with E-state index in [0.29, 0.717) is 12.2 Å². The van der Waals surface area contributed by atoms with Gasteiger partial charge in [0.1, 0.15) is 5.82 Å². The zero-order chi connectivity index (χ0) is 13.0. The summed E-state index contributed by atoms with van der Waals surface area (Å²) >= 11 is 0. The monoisotopic (exact) mass is 250 g/mol. The highest BCUT2D eigenvalue weighted by Gasteiger charge is 2.17. The SMILES string of the molecule is CCOC(=O)c1n[nH]c(C(N)Cc2cnc[nH]2)n1. The smallest absolute Gasteiger partial charge is 0.378 e. The maximum Gasteiger partial charge on any atom is 0.378 e. The summed E-state index contributed by atoms with van der Waals surface area (Å²) in [5.74, 6) is -0.131. The first-order valence-corrected chi connectivity index (χ1v) is 5.53. The normalized spacial score (nSPS) is 12.3. The largest absolute Gasteiger partial charge is 0.460 e. The molecule has 2 aromatic heterocycles. The van der Waals surface area contributed by atoms with Gasteiger partial charge in [0.25, 0.3) is 5.82 Å². The van der Waals surface area contributed by atoms with Crippen LogP contribution in [0.1, 0.15) is 35.1 Å². The molecule has 0 spiro atoms. The Labute approximate surface area is 103 Å². The third kappa shape index (κ3) is 2.72. The van der Waals surface area contributed by atoms with Crippen LogP contribution in [-0.4, -0.2) is 37.7 Å². The lowest BCUT2D eigenvalue weighted by atomic mass is 10.2. The number of hydrogen-bond acceptors (Lipinski definition) is 6. The molecule has 1 atom stereocenters. The summed E-state index contributed by atoms with van der Waals surface area (Å²) in [5, 5.41) is 6.40. The van der Waals surface area contributed by atoms with E-state index in [0.717, 1.165) is 5.69 Å². The number of aromatic nitrogens is 5. The van der Waals surface area contributed by atoms with Gasteiger partial charge in [0.05, 0.1) is 19.0 Å². The second kappa shape index (κ2) is 5.41. The average Bonchev–Trinajstić information content (AvgIpc) is 2.99. The van der Waals surface area contributed by atoms with Crippen molar-refractivity contribution in [1.82, 2.24) is 25.1 Å². The highest BCUT2D eigenvalue weighted by atomic mass is 16.5. The lowest BCUT2D eigenvalue weighted by Gasteiger charge is -2.05. The standard InChI is InChI=1S/C10H14N6O2/c1-2-18-10(17)9-14-8(15-16-9)7(11)3-6-4-12-5-13-6/h4-5,7H,2-3,11H2,1H3,(H,12,13)(H,14,15,16). The Balaban J connectivity index is 2.03. The quantitative estimate of drug-likeness (QED) is 0.639. The van der Waals surface area contributed by atoms with E-state index in [1.54, 1.807) is 19.4 Å². The minimum atomic E-state index is -0.561. The number of imidazole rings is 1. The van der Waals surface area contributed by atoms with E-state index in [-0.39, 0.29) is 18.5 Å². The Morgan fingerprint density at radius 2 is 2.44 bits per heavy atom. The number of nitrogens with one attached hydrogen (secondary N) is 2. The van der Waals surface area contributed by atoms with Crippen LogP contribution in [0.15, 0.2) is 12.5 Å². The molecule has 8 heteroatoms. The van der Waals surface area contributed by atoms with Crippen LogP contribution in [0.25, 0.3) is 0 Å². The second-order valence-electron chi connectivity index (χ2n) is 3.65. The minimum absolute atomic E-state index is 0.00749. The summed E-state index contributed by atoms with van der Waals surface area (Å²) in [5.41, 5.74) is 6.83. The molecule has 0 saturated carbocycles. The second-order valence-corrected chi connectivity index (χ2v) is 3.65. The van der Waals surface area contributed by atoms with E-state index >= 15 is 0 Å². The van der Waals surface area contributed by atoms with E-state index in [1.165, 1.54) is 0 Å². The molecule has 0 bridgehead atoms. The Morgan fingerprint density at radius 3 is 3.11 bits per heavy atom. The van der Waals surface area contributed by atoms with Crippen molar-refractivity contribution < 1.29 is 9.53 Å². The van der Waals surface area contributed by atoms with E-state index in [2.05, 4.69) is 25.1 Å². The van der Waals surface area contributed by atoms with Crippen LogP contribution < -0.4 is 5.73 Å². The van der Waals surface area contributed by atoms with Crippen LogP contribution in [0, 0.1) is 0 Å². The predicted octanol–water partition coefficient (Wildman–Crippen LogP) is -0.0530. The molecule has 0 aromatic carbocycles. The molecular weight excluding hydrogens is 236 g/mol. The molecule has 18 heavy (non-hydrogen) atoms. The molecule has 0 aliphatic rings. The van der Waals surface area contributed by atoms with Gasteiger partial charge >= 0.3 is 5.97 Å². The van der Waals surface area contributed by atoms with Crippen LogP contribution in [0.5, 0.6) is 0 Å². The average molecular weight is 250 g/mol. The van der Waals surface area contributed by atoms with Gasteiger partial charge < -0.3 is 15.5 Å². The molecule has 0 amide bonds. The molecule has 0 fully saturated rings. The summed E-state index contributed by atoms with van der Waals surface area (Å²) in [6.45, 7) is 2.00. The minimum Gasteiger partial charge on any atom is -0.460 e. The molecule has 0 saturated heterocycles. The van der Waals surface area contributed by atoms with Crippen LogP contribution in [-0.2, 0) is 11.2 Å². The van der Waals surface area contributed by atoms with Gasteiger partial charge in [-0.05, 0) is 6.92 Å². The first-order chi connectivity index (χ1) is 8.70. The van der Waals surface area contributed by atoms with Crippen molar-refractivity contribution in [1.29, 1.82) is 0 Å². The first-order valence-electron chi connectivity index (χ1n) is 5.53. The highest BCUT2D eigenvalue weighted by molar-refractivity contribution is 5.84. The van der Waals surface area contributed by atoms with Gasteiger partial charge in [-0.1, -0.05) is 0 Å². The van der Waals surface area contributed by atoms with Gasteiger partial charge in [-0.2, -0.15) is 0 Å². The molecule has 1 unspecified atom stereocenters. The van der Waals surface area contributed by atoms with E-state index < -0.39 is 5.97 Å². The van der Waals surface area contributed by atoms with Gasteiger partial charge in [-0.15, -0.1) is 5.10 Å². The van der Waals surface area contributed by atoms with Gasteiger partial charge in [-0.3, -0.25) is 5.10 Å². The molecule has 4 N–H and O–H groups in total. The predicted molar refractivity (Wildman–Crippen MR) is 61.6 cm³/mol. The molecular formula is C10H14N6O2. The van der Waals surface area contributed by atoms with Crippen LogP contribution >= 0.6 is 0 Å². The van der Waals surface area contributed by atoms with E-state index in [4.69, 9.17) is 10.5 Å². The fourth-order valence-corrected chi connectivity index (χ4v) is 1.46. The number of ether oxygens (including phenoxy) is 1. The lowest BCUT2D eigenvalue weighted by Crippen LogP contribution is -2.15. The van der Waals surface area contributed by atoms with Crippen molar-refractivity contribution in [2.45, 2.75) is 19.4 Å². The molecule has 0 aliphatic heterocycles. The van der Waals surface area contributed by atoms with Crippen molar-refractivity contribution in [3.05, 3.63) is 29.9 Å². The molecule has 2 aromatic rings. The van der Waals surface area contributed by atoms with Crippen molar-refractivity contribution in [3.8, 4) is 0 Å². The molecule has 2 rings (SSSR count). The summed E-state index contributed by atoms with van der Waals surface area (Å²) in [7, 11) is 0. The topological polar surface area (TPSA) is 123 Å². The van der Waals surface area contributed by atoms with Crippen LogP contribution in [0.3, 0.4) is 0 Å². The summed E-state index contributed by atoms with van der Waals surface area (Å²) in [6.07, 6.45) is 3.78. The van der Waals surface area contributed by atoms with Gasteiger partial charge in [0, 0.05) is 18.3 Å². The van der Waals surface area contributed by atoms with Gasteiger partial charge in [0.2, 0.25) is 0 Å². The molecule has 0 radical (unpaired) electrons. The number of hydrogen-bond donors (Lipinski definition) is 3. The van der Waals surface area contributed by atoms with Gasteiger partial charge in [-0.25, -0.2) is 14.8 Å². The first kappa shape index (κ1) is 12.2. The fraction of sp³-hybridized carbons (Fsp3) is 0.400. The van der Waals surface area contributed by atoms with Crippen LogP contribution in [0.2, 0.25) is 0 Å². The molecule has 96 valence electrons. The Morgan fingerprint density at radius 1 is 1.61 bits per heavy atom. The number of nitrogens with zero attached hydrogens (tertiary/aromatic N) is 3. The van der Waals surface area contributed by atoms with Gasteiger partial charge in [0.15, 0.2) is 0 Å². The summed E-state index contributed by atoms with van der Waals surface area (Å²) in [6, 6.07) is -0.388. The zero-order valence-corrected chi connectivity index (χ0v) is 9.88. The molecule has 8 nitrogen and oxygen atoms in total. The number of aromatic amines is 2.